The lowest BCUT2D eigenvalue weighted by Gasteiger charge is -2.11. The lowest BCUT2D eigenvalue weighted by molar-refractivity contribution is -0.122. The normalized spacial score (nSPS) is 11.1. The van der Waals surface area contributed by atoms with Crippen LogP contribution in [0.4, 0.5) is 0 Å². The number of benzene rings is 1. The Morgan fingerprint density at radius 1 is 1.24 bits per heavy atom. The van der Waals surface area contributed by atoms with Crippen molar-refractivity contribution < 1.29 is 14.1 Å². The van der Waals surface area contributed by atoms with E-state index in [4.69, 9.17) is 14.2 Å². The van der Waals surface area contributed by atoms with Crippen molar-refractivity contribution in [3.63, 3.8) is 0 Å². The van der Waals surface area contributed by atoms with Gasteiger partial charge in [0.2, 0.25) is 5.91 Å². The molecule has 7 nitrogen and oxygen atoms in total. The smallest absolute Gasteiger partial charge is 0.222 e. The van der Waals surface area contributed by atoms with E-state index in [1.54, 1.807) is 13.3 Å². The number of nitrogens with zero attached hydrogens (tertiary/aromatic N) is 3. The first-order valence-corrected chi connectivity index (χ1v) is 9.63. The Balaban J connectivity index is 1.85. The Labute approximate surface area is 170 Å². The number of hydrogen-bond acceptors (Lipinski definition) is 6. The summed E-state index contributed by atoms with van der Waals surface area (Å²) in [5.41, 5.74) is 4.37. The highest BCUT2D eigenvalue weighted by Crippen LogP contribution is 2.31. The van der Waals surface area contributed by atoms with Crippen LogP contribution < -0.4 is 5.32 Å². The molecule has 3 rings (SSSR count). The predicted octanol–water partition coefficient (Wildman–Crippen LogP) is 3.88. The second kappa shape index (κ2) is 9.43. The van der Waals surface area contributed by atoms with Crippen molar-refractivity contribution in [2.24, 2.45) is 0 Å². The molecule has 0 unspecified atom stereocenters. The molecule has 0 radical (unpaired) electrons. The Bertz CT molecular complexity index is 964. The molecule has 3 aromatic rings. The van der Waals surface area contributed by atoms with Crippen LogP contribution in [0.5, 0.6) is 0 Å². The van der Waals surface area contributed by atoms with Crippen LogP contribution in [0, 0.1) is 6.92 Å². The summed E-state index contributed by atoms with van der Waals surface area (Å²) in [5.74, 6) is 1.59. The summed E-state index contributed by atoms with van der Waals surface area (Å²) in [7, 11) is 1.58. The molecular weight excluding hydrogens is 368 g/mol. The minimum atomic E-state index is -0.0312. The lowest BCUT2D eigenvalue weighted by Crippen LogP contribution is -2.23. The number of carbonyl (C=O) groups is 1. The van der Waals surface area contributed by atoms with E-state index in [1.807, 2.05) is 37.3 Å². The average Bonchev–Trinajstić information content (AvgIpc) is 3.16. The molecule has 0 aliphatic heterocycles. The minimum absolute atomic E-state index is 0.0312. The van der Waals surface area contributed by atoms with E-state index in [1.165, 1.54) is 0 Å². The highest BCUT2D eigenvalue weighted by atomic mass is 16.5. The maximum absolute atomic E-state index is 11.7. The standard InChI is InChI=1S/C22H26N4O3/c1-14(2)22-24-13-18(19-11-15(3)26-29-19)21(25-22)17-7-5-16(6-8-17)12-23-20(27)9-10-28-4/h5-8,11,13-14H,9-10,12H2,1-4H3,(H,23,27). The Morgan fingerprint density at radius 2 is 2.00 bits per heavy atom. The van der Waals surface area contributed by atoms with Crippen LogP contribution in [0.25, 0.3) is 22.6 Å². The van der Waals surface area contributed by atoms with Gasteiger partial charge >= 0.3 is 0 Å². The van der Waals surface area contributed by atoms with Crippen molar-refractivity contribution in [3.8, 4) is 22.6 Å². The predicted molar refractivity (Wildman–Crippen MR) is 110 cm³/mol. The number of nitrogens with one attached hydrogen (secondary N) is 1. The van der Waals surface area contributed by atoms with Crippen molar-refractivity contribution in [2.45, 2.75) is 39.7 Å². The van der Waals surface area contributed by atoms with Gasteiger partial charge in [-0.25, -0.2) is 9.97 Å². The van der Waals surface area contributed by atoms with Crippen LogP contribution in [0.1, 0.15) is 43.3 Å². The SMILES string of the molecule is COCCC(=O)NCc1ccc(-c2nc(C(C)C)ncc2-c2cc(C)no2)cc1. The number of rotatable bonds is 8. The van der Waals surface area contributed by atoms with Gasteiger partial charge < -0.3 is 14.6 Å². The Hall–Kier alpha value is -3.06. The van der Waals surface area contributed by atoms with Crippen molar-refractivity contribution in [1.82, 2.24) is 20.4 Å². The van der Waals surface area contributed by atoms with Gasteiger partial charge in [0.15, 0.2) is 5.76 Å². The third-order valence-corrected chi connectivity index (χ3v) is 4.47. The Kier molecular flexibility index (Phi) is 6.72. The highest BCUT2D eigenvalue weighted by Gasteiger charge is 2.16. The number of methoxy groups -OCH3 is 1. The van der Waals surface area contributed by atoms with E-state index in [2.05, 4.69) is 29.3 Å². The topological polar surface area (TPSA) is 90.1 Å². The largest absolute Gasteiger partial charge is 0.384 e. The van der Waals surface area contributed by atoms with Gasteiger partial charge in [-0.05, 0) is 12.5 Å². The molecule has 7 heteroatoms. The first kappa shape index (κ1) is 20.7. The zero-order valence-corrected chi connectivity index (χ0v) is 17.2. The quantitative estimate of drug-likeness (QED) is 0.623. The molecule has 0 saturated heterocycles. The molecule has 2 heterocycles. The van der Waals surface area contributed by atoms with E-state index >= 15 is 0 Å². The van der Waals surface area contributed by atoms with Crippen molar-refractivity contribution >= 4 is 5.91 Å². The van der Waals surface area contributed by atoms with Crippen molar-refractivity contribution in [3.05, 3.63) is 53.6 Å². The summed E-state index contributed by atoms with van der Waals surface area (Å²) in [6, 6.07) is 9.84. The molecule has 1 amide bonds. The number of hydrogen-bond donors (Lipinski definition) is 1. The minimum Gasteiger partial charge on any atom is -0.384 e. The van der Waals surface area contributed by atoms with E-state index < -0.39 is 0 Å². The number of ether oxygens (including phenoxy) is 1. The molecule has 0 aliphatic rings. The molecular formula is C22H26N4O3. The maximum atomic E-state index is 11.7. The summed E-state index contributed by atoms with van der Waals surface area (Å²) < 4.78 is 10.4. The molecule has 152 valence electrons. The summed E-state index contributed by atoms with van der Waals surface area (Å²) in [6.45, 7) is 6.89. The second-order valence-electron chi connectivity index (χ2n) is 7.19. The third kappa shape index (κ3) is 5.26. The van der Waals surface area contributed by atoms with Gasteiger partial charge in [-0.3, -0.25) is 4.79 Å². The van der Waals surface area contributed by atoms with E-state index in [-0.39, 0.29) is 11.8 Å². The van der Waals surface area contributed by atoms with Gasteiger partial charge in [-0.2, -0.15) is 0 Å². The third-order valence-electron chi connectivity index (χ3n) is 4.47. The lowest BCUT2D eigenvalue weighted by atomic mass is 10.0. The molecule has 0 bridgehead atoms. The Morgan fingerprint density at radius 3 is 2.62 bits per heavy atom. The van der Waals surface area contributed by atoms with E-state index in [9.17, 15) is 4.79 Å². The van der Waals surface area contributed by atoms with Gasteiger partial charge in [0.05, 0.1) is 23.6 Å². The highest BCUT2D eigenvalue weighted by molar-refractivity contribution is 5.78. The molecule has 0 saturated carbocycles. The molecule has 0 fully saturated rings. The van der Waals surface area contributed by atoms with Gasteiger partial charge in [0, 0.05) is 43.8 Å². The van der Waals surface area contributed by atoms with E-state index in [0.29, 0.717) is 25.3 Å². The average molecular weight is 394 g/mol. The van der Waals surface area contributed by atoms with E-state index in [0.717, 1.165) is 33.9 Å². The molecule has 0 aliphatic carbocycles. The molecule has 2 aromatic heterocycles. The monoisotopic (exact) mass is 394 g/mol. The first-order chi connectivity index (χ1) is 14.0. The fourth-order valence-corrected chi connectivity index (χ4v) is 2.83. The fraction of sp³-hybridized carbons (Fsp3) is 0.364. The van der Waals surface area contributed by atoms with Crippen LogP contribution >= 0.6 is 0 Å². The van der Waals surface area contributed by atoms with Crippen molar-refractivity contribution in [1.29, 1.82) is 0 Å². The van der Waals surface area contributed by atoms with Crippen molar-refractivity contribution in [2.75, 3.05) is 13.7 Å². The number of amides is 1. The fourth-order valence-electron chi connectivity index (χ4n) is 2.83. The van der Waals surface area contributed by atoms with Crippen LogP contribution in [0.2, 0.25) is 0 Å². The zero-order valence-electron chi connectivity index (χ0n) is 17.2. The van der Waals surface area contributed by atoms with Crippen LogP contribution in [-0.4, -0.2) is 34.7 Å². The van der Waals surface area contributed by atoms with Crippen LogP contribution in [-0.2, 0) is 16.1 Å². The number of carbonyl (C=O) groups excluding carboxylic acids is 1. The summed E-state index contributed by atoms with van der Waals surface area (Å²) in [5, 5.41) is 6.87. The summed E-state index contributed by atoms with van der Waals surface area (Å²) in [6.07, 6.45) is 2.15. The first-order valence-electron chi connectivity index (χ1n) is 9.63. The van der Waals surface area contributed by atoms with Gasteiger partial charge in [0.25, 0.3) is 0 Å². The number of aromatic nitrogens is 3. The summed E-state index contributed by atoms with van der Waals surface area (Å²) >= 11 is 0. The molecule has 1 N–H and O–H groups in total. The second-order valence-corrected chi connectivity index (χ2v) is 7.19. The zero-order chi connectivity index (χ0) is 20.8. The molecule has 0 spiro atoms. The molecule has 0 atom stereocenters. The van der Waals surface area contributed by atoms with Crippen LogP contribution in [0.15, 0.2) is 41.1 Å². The van der Waals surface area contributed by atoms with Gasteiger partial charge in [-0.15, -0.1) is 0 Å². The maximum Gasteiger partial charge on any atom is 0.222 e. The van der Waals surface area contributed by atoms with Gasteiger partial charge in [-0.1, -0.05) is 43.3 Å². The molecule has 29 heavy (non-hydrogen) atoms. The van der Waals surface area contributed by atoms with Crippen LogP contribution in [0.3, 0.4) is 0 Å². The summed E-state index contributed by atoms with van der Waals surface area (Å²) in [4.78, 5) is 21.0. The van der Waals surface area contributed by atoms with Gasteiger partial charge in [0.1, 0.15) is 5.82 Å². The number of aryl methyl sites for hydroxylation is 1. The molecule has 1 aromatic carbocycles.